The van der Waals surface area contributed by atoms with Crippen molar-refractivity contribution in [2.45, 2.75) is 31.7 Å². The number of hydrogen-bond acceptors (Lipinski definition) is 7. The summed E-state index contributed by atoms with van der Waals surface area (Å²) in [6.07, 6.45) is -4.63. The van der Waals surface area contributed by atoms with E-state index in [1.54, 1.807) is 16.7 Å². The van der Waals surface area contributed by atoms with Gasteiger partial charge in [0.2, 0.25) is 5.91 Å². The molecule has 0 aliphatic rings. The minimum atomic E-state index is -4.63. The number of nitrogens with one attached hydrogen (secondary N) is 2. The molecule has 0 bridgehead atoms. The number of hydrogen-bond donors (Lipinski definition) is 2. The van der Waals surface area contributed by atoms with Crippen molar-refractivity contribution in [2.75, 3.05) is 11.1 Å². The van der Waals surface area contributed by atoms with Crippen molar-refractivity contribution in [1.82, 2.24) is 20.1 Å². The number of thioether (sulfide) groups is 1. The average Bonchev–Trinajstić information content (AvgIpc) is 3.33. The van der Waals surface area contributed by atoms with Crippen molar-refractivity contribution in [2.24, 2.45) is 0 Å². The summed E-state index contributed by atoms with van der Waals surface area (Å²) in [5, 5.41) is 24.8. The number of para-hydroxylation sites is 1. The van der Waals surface area contributed by atoms with E-state index in [-0.39, 0.29) is 40.0 Å². The van der Waals surface area contributed by atoms with E-state index in [0.29, 0.717) is 11.5 Å². The highest BCUT2D eigenvalue weighted by Gasteiger charge is 2.33. The Morgan fingerprint density at radius 3 is 2.46 bits per heavy atom. The van der Waals surface area contributed by atoms with E-state index < -0.39 is 28.5 Å². The molecule has 3 aromatic carbocycles. The Bertz CT molecular complexity index is 1620. The predicted molar refractivity (Wildman–Crippen MR) is 146 cm³/mol. The highest BCUT2D eigenvalue weighted by molar-refractivity contribution is 7.99. The quantitative estimate of drug-likeness (QED) is 0.151. The first-order valence-corrected chi connectivity index (χ1v) is 13.1. The van der Waals surface area contributed by atoms with E-state index in [2.05, 4.69) is 20.8 Å². The fraction of sp³-hybridized carbons (Fsp3) is 0.185. The SMILES string of the molecule is Cc1cccc(-n2c(CNC(=O)c3cccc([N+](=O)[O-])c3C)nnc2SCC(=O)Nc2ccccc2C(F)(F)F)c1. The fourth-order valence-electron chi connectivity index (χ4n) is 4.01. The van der Waals surface area contributed by atoms with Gasteiger partial charge in [0.25, 0.3) is 11.6 Å². The third-order valence-electron chi connectivity index (χ3n) is 5.95. The lowest BCUT2D eigenvalue weighted by Crippen LogP contribution is -2.25. The number of benzene rings is 3. The maximum atomic E-state index is 13.3. The van der Waals surface area contributed by atoms with E-state index in [4.69, 9.17) is 0 Å². The predicted octanol–water partition coefficient (Wildman–Crippen LogP) is 5.47. The van der Waals surface area contributed by atoms with Gasteiger partial charge in [0.05, 0.1) is 28.5 Å². The maximum absolute atomic E-state index is 13.3. The second kappa shape index (κ2) is 12.2. The minimum Gasteiger partial charge on any atom is -0.345 e. The maximum Gasteiger partial charge on any atom is 0.418 e. The van der Waals surface area contributed by atoms with E-state index in [1.165, 1.54) is 43.3 Å². The van der Waals surface area contributed by atoms with Crippen LogP contribution in [0.15, 0.2) is 71.9 Å². The molecule has 0 aliphatic carbocycles. The summed E-state index contributed by atoms with van der Waals surface area (Å²) < 4.78 is 41.5. The number of halogens is 3. The summed E-state index contributed by atoms with van der Waals surface area (Å²) in [5.41, 5.74) is 0.391. The summed E-state index contributed by atoms with van der Waals surface area (Å²) >= 11 is 0.956. The van der Waals surface area contributed by atoms with Crippen molar-refractivity contribution >= 4 is 35.0 Å². The van der Waals surface area contributed by atoms with Crippen molar-refractivity contribution in [1.29, 1.82) is 0 Å². The molecule has 0 saturated heterocycles. The number of carbonyl (C=O) groups excluding carboxylic acids is 2. The van der Waals surface area contributed by atoms with E-state index in [0.717, 1.165) is 23.4 Å². The first-order valence-electron chi connectivity index (χ1n) is 12.1. The molecule has 2 N–H and O–H groups in total. The van der Waals surface area contributed by atoms with Crippen LogP contribution in [0.3, 0.4) is 0 Å². The topological polar surface area (TPSA) is 132 Å². The zero-order chi connectivity index (χ0) is 29.7. The van der Waals surface area contributed by atoms with Gasteiger partial charge in [-0.15, -0.1) is 10.2 Å². The van der Waals surface area contributed by atoms with Crippen molar-refractivity contribution in [3.8, 4) is 5.69 Å². The summed E-state index contributed by atoms with van der Waals surface area (Å²) in [6, 6.07) is 16.2. The molecule has 2 amide bonds. The van der Waals surface area contributed by atoms with E-state index in [1.807, 2.05) is 19.1 Å². The zero-order valence-corrected chi connectivity index (χ0v) is 22.5. The van der Waals surface area contributed by atoms with Crippen molar-refractivity contribution in [3.63, 3.8) is 0 Å². The molecule has 0 unspecified atom stereocenters. The largest absolute Gasteiger partial charge is 0.418 e. The Hall–Kier alpha value is -4.72. The van der Waals surface area contributed by atoms with Crippen LogP contribution in [0.2, 0.25) is 0 Å². The van der Waals surface area contributed by atoms with Crippen LogP contribution in [0.25, 0.3) is 5.69 Å². The number of aromatic nitrogens is 3. The number of alkyl halides is 3. The molecule has 1 aromatic heterocycles. The Morgan fingerprint density at radius 1 is 1.02 bits per heavy atom. The molecular formula is C27H23F3N6O4S. The summed E-state index contributed by atoms with van der Waals surface area (Å²) in [5.74, 6) is -1.20. The van der Waals surface area contributed by atoms with Gasteiger partial charge in [-0.2, -0.15) is 13.2 Å². The van der Waals surface area contributed by atoms with Crippen LogP contribution in [0.5, 0.6) is 0 Å². The van der Waals surface area contributed by atoms with Gasteiger partial charge in [-0.3, -0.25) is 24.3 Å². The van der Waals surface area contributed by atoms with Crippen LogP contribution in [0.4, 0.5) is 24.5 Å². The molecule has 0 aliphatic heterocycles. The fourth-order valence-corrected chi connectivity index (χ4v) is 4.78. The first kappa shape index (κ1) is 29.3. The number of rotatable bonds is 9. The number of aryl methyl sites for hydroxylation is 1. The molecule has 0 spiro atoms. The van der Waals surface area contributed by atoms with Crippen LogP contribution in [-0.4, -0.2) is 37.3 Å². The van der Waals surface area contributed by atoms with Crippen LogP contribution >= 0.6 is 11.8 Å². The number of anilines is 1. The highest BCUT2D eigenvalue weighted by Crippen LogP contribution is 2.34. The second-order valence-corrected chi connectivity index (χ2v) is 9.79. The highest BCUT2D eigenvalue weighted by atomic mass is 32.2. The average molecular weight is 585 g/mol. The number of amides is 2. The van der Waals surface area contributed by atoms with Gasteiger partial charge in [0, 0.05) is 22.9 Å². The molecule has 14 heteroatoms. The summed E-state index contributed by atoms with van der Waals surface area (Å²) in [7, 11) is 0. The standard InChI is InChI=1S/C27H23F3N6O4S/c1-16-7-5-8-18(13-16)35-23(14-31-25(38)19-9-6-12-22(17(19)2)36(39)40)33-34-26(35)41-15-24(37)32-21-11-4-3-10-20(21)27(28,29)30/h3-13H,14-15H2,1-2H3,(H,31,38)(H,32,37). The Balaban J connectivity index is 1.54. The lowest BCUT2D eigenvalue weighted by Gasteiger charge is -2.14. The monoisotopic (exact) mass is 584 g/mol. The molecule has 10 nitrogen and oxygen atoms in total. The van der Waals surface area contributed by atoms with Gasteiger partial charge in [0.15, 0.2) is 11.0 Å². The van der Waals surface area contributed by atoms with E-state index in [9.17, 15) is 32.9 Å². The molecule has 0 radical (unpaired) electrons. The molecule has 41 heavy (non-hydrogen) atoms. The Kier molecular flexibility index (Phi) is 8.71. The third-order valence-corrected chi connectivity index (χ3v) is 6.88. The second-order valence-electron chi connectivity index (χ2n) is 8.84. The molecular weight excluding hydrogens is 561 g/mol. The lowest BCUT2D eigenvalue weighted by atomic mass is 10.1. The van der Waals surface area contributed by atoms with Crippen LogP contribution < -0.4 is 10.6 Å². The lowest BCUT2D eigenvalue weighted by molar-refractivity contribution is -0.385. The molecule has 4 rings (SSSR count). The Morgan fingerprint density at radius 2 is 1.76 bits per heavy atom. The smallest absolute Gasteiger partial charge is 0.345 e. The normalized spacial score (nSPS) is 11.2. The zero-order valence-electron chi connectivity index (χ0n) is 21.7. The number of nitro benzene ring substituents is 1. The molecule has 212 valence electrons. The van der Waals surface area contributed by atoms with Gasteiger partial charge < -0.3 is 10.6 Å². The molecule has 0 atom stereocenters. The molecule has 0 saturated carbocycles. The van der Waals surface area contributed by atoms with Gasteiger partial charge in [-0.1, -0.05) is 42.1 Å². The van der Waals surface area contributed by atoms with Crippen molar-refractivity contribution in [3.05, 3.63) is 105 Å². The number of carbonyl (C=O) groups is 2. The molecule has 1 heterocycles. The van der Waals surface area contributed by atoms with Gasteiger partial charge in [0.1, 0.15) is 0 Å². The van der Waals surface area contributed by atoms with Crippen LogP contribution in [0, 0.1) is 24.0 Å². The Labute approximate surface area is 236 Å². The third kappa shape index (κ3) is 6.90. The van der Waals surface area contributed by atoms with Crippen LogP contribution in [0.1, 0.15) is 32.9 Å². The first-order chi connectivity index (χ1) is 19.5. The number of nitrogens with zero attached hydrogens (tertiary/aromatic N) is 4. The minimum absolute atomic E-state index is 0.104. The molecule has 4 aromatic rings. The van der Waals surface area contributed by atoms with Crippen LogP contribution in [-0.2, 0) is 17.5 Å². The van der Waals surface area contributed by atoms with Gasteiger partial charge >= 0.3 is 6.18 Å². The van der Waals surface area contributed by atoms with Gasteiger partial charge in [-0.25, -0.2) is 0 Å². The number of nitro groups is 1. The summed E-state index contributed by atoms with van der Waals surface area (Å²) in [6.45, 7) is 3.25. The molecule has 0 fully saturated rings. The van der Waals surface area contributed by atoms with E-state index >= 15 is 0 Å². The van der Waals surface area contributed by atoms with Gasteiger partial charge in [-0.05, 0) is 49.7 Å². The van der Waals surface area contributed by atoms with Crippen molar-refractivity contribution < 1.29 is 27.7 Å². The summed E-state index contributed by atoms with van der Waals surface area (Å²) in [4.78, 5) is 36.2.